The Morgan fingerprint density at radius 1 is 1.12 bits per heavy atom. The van der Waals surface area contributed by atoms with Crippen molar-refractivity contribution in [1.29, 1.82) is 0 Å². The summed E-state index contributed by atoms with van der Waals surface area (Å²) in [4.78, 5) is 2.40. The van der Waals surface area contributed by atoms with Crippen LogP contribution in [0.1, 0.15) is 30.9 Å². The Morgan fingerprint density at radius 2 is 1.75 bits per heavy atom. The van der Waals surface area contributed by atoms with E-state index >= 15 is 0 Å². The number of rotatable bonds is 3. The molecule has 1 aromatic carbocycles. The number of benzene rings is 1. The highest BCUT2D eigenvalue weighted by Crippen LogP contribution is 2.15. The normalized spacial score (nSPS) is 19.6. The van der Waals surface area contributed by atoms with Gasteiger partial charge in [0, 0.05) is 12.6 Å². The molecule has 0 spiro atoms. The first-order chi connectivity index (χ1) is 7.75. The third-order valence-electron chi connectivity index (χ3n) is 3.20. The maximum Gasteiger partial charge on any atom is 0.123 e. The summed E-state index contributed by atoms with van der Waals surface area (Å²) in [6, 6.07) is 6.52. The molecule has 0 amide bonds. The summed E-state index contributed by atoms with van der Waals surface area (Å²) in [5, 5.41) is 0. The van der Waals surface area contributed by atoms with E-state index in [1.165, 1.54) is 31.4 Å². The van der Waals surface area contributed by atoms with Gasteiger partial charge >= 0.3 is 0 Å². The van der Waals surface area contributed by atoms with Gasteiger partial charge in [0.2, 0.25) is 0 Å². The Morgan fingerprint density at radius 3 is 2.38 bits per heavy atom. The zero-order valence-corrected chi connectivity index (χ0v) is 9.53. The smallest absolute Gasteiger partial charge is 0.123 e. The summed E-state index contributed by atoms with van der Waals surface area (Å²) in [6.45, 7) is 3.18. The van der Waals surface area contributed by atoms with Gasteiger partial charge in [-0.15, -0.1) is 0 Å². The highest BCUT2D eigenvalue weighted by Gasteiger charge is 2.14. The first-order valence-electron chi connectivity index (χ1n) is 5.99. The summed E-state index contributed by atoms with van der Waals surface area (Å²) in [5.74, 6) is -0.200. The third kappa shape index (κ3) is 3.03. The molecule has 16 heavy (non-hydrogen) atoms. The van der Waals surface area contributed by atoms with Crippen molar-refractivity contribution in [2.24, 2.45) is 5.73 Å². The number of nitrogens with zero attached hydrogens (tertiary/aromatic N) is 1. The minimum atomic E-state index is -0.200. The predicted octanol–water partition coefficient (Wildman–Crippen LogP) is 2.31. The van der Waals surface area contributed by atoms with Gasteiger partial charge in [0.1, 0.15) is 5.82 Å². The molecule has 1 unspecified atom stereocenters. The summed E-state index contributed by atoms with van der Waals surface area (Å²) in [5.41, 5.74) is 7.13. The maximum atomic E-state index is 12.8. The second-order valence-electron chi connectivity index (χ2n) is 4.52. The van der Waals surface area contributed by atoms with Gasteiger partial charge in [0.15, 0.2) is 0 Å². The Labute approximate surface area is 96.2 Å². The standard InChI is InChI=1S/C13H19FN2/c14-12-6-4-11(5-7-12)13(15)10-16-8-2-1-3-9-16/h4-7,13H,1-3,8-10,15H2. The van der Waals surface area contributed by atoms with E-state index in [1.54, 1.807) is 12.1 Å². The van der Waals surface area contributed by atoms with Crippen LogP contribution in [0, 0.1) is 5.82 Å². The van der Waals surface area contributed by atoms with Crippen molar-refractivity contribution in [1.82, 2.24) is 4.90 Å². The van der Waals surface area contributed by atoms with E-state index in [2.05, 4.69) is 4.90 Å². The molecular weight excluding hydrogens is 203 g/mol. The summed E-state index contributed by atoms with van der Waals surface area (Å²) < 4.78 is 12.8. The van der Waals surface area contributed by atoms with Crippen LogP contribution in [0.5, 0.6) is 0 Å². The van der Waals surface area contributed by atoms with Gasteiger partial charge in [-0.25, -0.2) is 4.39 Å². The molecule has 1 saturated heterocycles. The van der Waals surface area contributed by atoms with Crippen LogP contribution in [-0.2, 0) is 0 Å². The molecule has 0 aliphatic carbocycles. The average Bonchev–Trinajstić information content (AvgIpc) is 2.31. The fraction of sp³-hybridized carbons (Fsp3) is 0.538. The second-order valence-corrected chi connectivity index (χ2v) is 4.52. The largest absolute Gasteiger partial charge is 0.323 e. The van der Waals surface area contributed by atoms with Crippen molar-refractivity contribution in [3.8, 4) is 0 Å². The van der Waals surface area contributed by atoms with Crippen LogP contribution in [0.2, 0.25) is 0 Å². The van der Waals surface area contributed by atoms with Gasteiger partial charge in [0.05, 0.1) is 0 Å². The molecule has 2 N–H and O–H groups in total. The summed E-state index contributed by atoms with van der Waals surface area (Å²) in [6.07, 6.45) is 3.88. The molecule has 2 rings (SSSR count). The van der Waals surface area contributed by atoms with E-state index in [1.807, 2.05) is 0 Å². The first-order valence-corrected chi connectivity index (χ1v) is 5.99. The van der Waals surface area contributed by atoms with E-state index in [-0.39, 0.29) is 11.9 Å². The SMILES string of the molecule is NC(CN1CCCCC1)c1ccc(F)cc1. The van der Waals surface area contributed by atoms with E-state index in [9.17, 15) is 4.39 Å². The topological polar surface area (TPSA) is 29.3 Å². The Bertz CT molecular complexity index is 317. The second kappa shape index (κ2) is 5.41. The predicted molar refractivity (Wildman–Crippen MR) is 63.6 cm³/mol. The van der Waals surface area contributed by atoms with Crippen LogP contribution in [0.25, 0.3) is 0 Å². The zero-order chi connectivity index (χ0) is 11.4. The lowest BCUT2D eigenvalue weighted by atomic mass is 10.1. The number of hydrogen-bond acceptors (Lipinski definition) is 2. The van der Waals surface area contributed by atoms with Crippen molar-refractivity contribution < 1.29 is 4.39 Å². The van der Waals surface area contributed by atoms with Crippen LogP contribution in [0.15, 0.2) is 24.3 Å². The Kier molecular flexibility index (Phi) is 3.91. The number of likely N-dealkylation sites (tertiary alicyclic amines) is 1. The van der Waals surface area contributed by atoms with Gasteiger partial charge < -0.3 is 10.6 Å². The van der Waals surface area contributed by atoms with Crippen molar-refractivity contribution in [3.05, 3.63) is 35.6 Å². The van der Waals surface area contributed by atoms with Crippen LogP contribution in [0.3, 0.4) is 0 Å². The lowest BCUT2D eigenvalue weighted by Gasteiger charge is -2.29. The number of nitrogens with two attached hydrogens (primary N) is 1. The van der Waals surface area contributed by atoms with Gasteiger partial charge in [-0.2, -0.15) is 0 Å². The van der Waals surface area contributed by atoms with Gasteiger partial charge in [-0.1, -0.05) is 18.6 Å². The molecule has 1 heterocycles. The zero-order valence-electron chi connectivity index (χ0n) is 9.53. The molecule has 0 bridgehead atoms. The highest BCUT2D eigenvalue weighted by molar-refractivity contribution is 5.19. The van der Waals surface area contributed by atoms with Crippen LogP contribution in [0.4, 0.5) is 4.39 Å². The minimum absolute atomic E-state index is 0.00120. The average molecular weight is 222 g/mol. The lowest BCUT2D eigenvalue weighted by Crippen LogP contribution is -2.36. The molecule has 1 fully saturated rings. The van der Waals surface area contributed by atoms with Crippen LogP contribution < -0.4 is 5.73 Å². The van der Waals surface area contributed by atoms with E-state index in [0.29, 0.717) is 0 Å². The summed E-state index contributed by atoms with van der Waals surface area (Å²) in [7, 11) is 0. The number of halogens is 1. The fourth-order valence-corrected chi connectivity index (χ4v) is 2.24. The van der Waals surface area contributed by atoms with Gasteiger partial charge in [0.25, 0.3) is 0 Å². The molecule has 0 saturated carbocycles. The van der Waals surface area contributed by atoms with E-state index in [4.69, 9.17) is 5.73 Å². The first kappa shape index (κ1) is 11.6. The van der Waals surface area contributed by atoms with Crippen molar-refractivity contribution in [2.75, 3.05) is 19.6 Å². The molecular formula is C13H19FN2. The lowest BCUT2D eigenvalue weighted by molar-refractivity contribution is 0.216. The van der Waals surface area contributed by atoms with Gasteiger partial charge in [-0.05, 0) is 43.6 Å². The Balaban J connectivity index is 1.91. The molecule has 1 aromatic rings. The van der Waals surface area contributed by atoms with E-state index in [0.717, 1.165) is 25.2 Å². The molecule has 0 aromatic heterocycles. The monoisotopic (exact) mass is 222 g/mol. The molecule has 3 heteroatoms. The number of hydrogen-bond donors (Lipinski definition) is 1. The van der Waals surface area contributed by atoms with Crippen molar-refractivity contribution in [2.45, 2.75) is 25.3 Å². The highest BCUT2D eigenvalue weighted by atomic mass is 19.1. The Hall–Kier alpha value is -0.930. The molecule has 1 aliphatic heterocycles. The van der Waals surface area contributed by atoms with Crippen LogP contribution in [-0.4, -0.2) is 24.5 Å². The molecule has 88 valence electrons. The molecule has 2 nitrogen and oxygen atoms in total. The minimum Gasteiger partial charge on any atom is -0.323 e. The van der Waals surface area contributed by atoms with E-state index < -0.39 is 0 Å². The molecule has 0 radical (unpaired) electrons. The van der Waals surface area contributed by atoms with Crippen LogP contribution >= 0.6 is 0 Å². The molecule has 1 aliphatic rings. The quantitative estimate of drug-likeness (QED) is 0.850. The number of piperidine rings is 1. The fourth-order valence-electron chi connectivity index (χ4n) is 2.24. The maximum absolute atomic E-state index is 12.8. The third-order valence-corrected chi connectivity index (χ3v) is 3.20. The van der Waals surface area contributed by atoms with Crippen molar-refractivity contribution >= 4 is 0 Å². The summed E-state index contributed by atoms with van der Waals surface area (Å²) >= 11 is 0. The van der Waals surface area contributed by atoms with Crippen molar-refractivity contribution in [3.63, 3.8) is 0 Å². The van der Waals surface area contributed by atoms with Gasteiger partial charge in [-0.3, -0.25) is 0 Å². The molecule has 1 atom stereocenters.